The molecule has 18 heteroatoms. The molecule has 0 saturated heterocycles. The van der Waals surface area contributed by atoms with Crippen LogP contribution >= 0.6 is 11.3 Å². The molecule has 75 heavy (non-hydrogen) atoms. The van der Waals surface area contributed by atoms with Crippen molar-refractivity contribution in [3.63, 3.8) is 0 Å². The van der Waals surface area contributed by atoms with Gasteiger partial charge in [-0.25, -0.2) is 28.1 Å². The Hall–Kier alpha value is -7.08. The lowest BCUT2D eigenvalue weighted by molar-refractivity contribution is -0.134. The third-order valence-electron chi connectivity index (χ3n) is 14.0. The second-order valence-corrected chi connectivity index (χ2v) is 22.7. The minimum atomic E-state index is -0.743. The van der Waals surface area contributed by atoms with Crippen LogP contribution in [0, 0.1) is 30.9 Å². The first-order valence-corrected chi connectivity index (χ1v) is 26.6. The van der Waals surface area contributed by atoms with Gasteiger partial charge in [-0.2, -0.15) is 10.2 Å². The third kappa shape index (κ3) is 13.2. The van der Waals surface area contributed by atoms with E-state index in [0.717, 1.165) is 66.0 Å². The van der Waals surface area contributed by atoms with Crippen molar-refractivity contribution >= 4 is 46.8 Å². The van der Waals surface area contributed by atoms with E-state index in [1.54, 1.807) is 73.4 Å². The summed E-state index contributed by atoms with van der Waals surface area (Å²) in [5.41, 5.74) is 3.42. The number of hydrogen-bond donors (Lipinski definition) is 3. The van der Waals surface area contributed by atoms with E-state index in [1.165, 1.54) is 0 Å². The highest BCUT2D eigenvalue weighted by atomic mass is 32.1. The van der Waals surface area contributed by atoms with Crippen molar-refractivity contribution in [2.45, 2.75) is 148 Å². The Morgan fingerprint density at radius 3 is 1.64 bits per heavy atom. The summed E-state index contributed by atoms with van der Waals surface area (Å²) in [6, 6.07) is 26.1. The molecule has 15 nitrogen and oxygen atoms in total. The van der Waals surface area contributed by atoms with Crippen LogP contribution in [0.15, 0.2) is 103 Å². The molecule has 2 aliphatic carbocycles. The van der Waals surface area contributed by atoms with Crippen molar-refractivity contribution in [3.05, 3.63) is 142 Å². The maximum absolute atomic E-state index is 14.5. The van der Waals surface area contributed by atoms with Crippen molar-refractivity contribution in [1.29, 1.82) is 0 Å². The number of benzene rings is 2. The van der Waals surface area contributed by atoms with Gasteiger partial charge in [-0.3, -0.25) is 4.79 Å². The lowest BCUT2D eigenvalue weighted by Gasteiger charge is -2.38. The lowest BCUT2D eigenvalue weighted by Crippen LogP contribution is -2.47. The molecule has 0 spiro atoms. The van der Waals surface area contributed by atoms with Gasteiger partial charge in [0.2, 0.25) is 5.91 Å². The Labute approximate surface area is 442 Å². The Morgan fingerprint density at radius 2 is 1.17 bits per heavy atom. The average molecular weight is 1040 g/mol. The summed E-state index contributed by atoms with van der Waals surface area (Å²) in [6.07, 6.45) is 10.8. The number of anilines is 4. The van der Waals surface area contributed by atoms with E-state index >= 15 is 0 Å². The summed E-state index contributed by atoms with van der Waals surface area (Å²) in [4.78, 5) is 34.0. The highest BCUT2D eigenvalue weighted by Crippen LogP contribution is 2.45. The number of pyridine rings is 2. The van der Waals surface area contributed by atoms with E-state index in [-0.39, 0.29) is 58.5 Å². The molecule has 0 bridgehead atoms. The molecule has 0 atom stereocenters. The quantitative estimate of drug-likeness (QED) is 0.0782. The molecule has 0 unspecified atom stereocenters. The van der Waals surface area contributed by atoms with Crippen LogP contribution < -0.4 is 25.4 Å². The van der Waals surface area contributed by atoms with Gasteiger partial charge in [0.1, 0.15) is 40.1 Å². The average Bonchev–Trinajstić information content (AvgIpc) is 4.20. The van der Waals surface area contributed by atoms with E-state index < -0.39 is 5.41 Å². The highest BCUT2D eigenvalue weighted by Gasteiger charge is 2.43. The van der Waals surface area contributed by atoms with Crippen molar-refractivity contribution < 1.29 is 27.8 Å². The molecule has 0 radical (unpaired) electrons. The van der Waals surface area contributed by atoms with Crippen molar-refractivity contribution in [2.24, 2.45) is 5.41 Å². The topological polar surface area (TPSA) is 176 Å². The molecule has 396 valence electrons. The largest absolute Gasteiger partial charge is 0.487 e. The van der Waals surface area contributed by atoms with Gasteiger partial charge in [0.05, 0.1) is 47.6 Å². The number of aromatic nitrogens is 8. The number of nitrogens with zero attached hydrogens (tertiary/aromatic N) is 8. The fourth-order valence-electron chi connectivity index (χ4n) is 10.1. The van der Waals surface area contributed by atoms with Crippen molar-refractivity contribution in [1.82, 2.24) is 45.0 Å². The Morgan fingerprint density at radius 1 is 0.693 bits per heavy atom. The maximum atomic E-state index is 14.5. The van der Waals surface area contributed by atoms with E-state index in [9.17, 15) is 18.4 Å². The Kier molecular flexibility index (Phi) is 16.8. The number of halogens is 2. The summed E-state index contributed by atoms with van der Waals surface area (Å²) in [5, 5.41) is 28.1. The number of aldehydes is 1. The molecule has 0 aliphatic heterocycles. The first kappa shape index (κ1) is 54.2. The van der Waals surface area contributed by atoms with E-state index in [1.807, 2.05) is 57.9 Å². The summed E-state index contributed by atoms with van der Waals surface area (Å²) in [7, 11) is 0. The molecule has 2 fully saturated rings. The zero-order chi connectivity index (χ0) is 53.4. The third-order valence-corrected chi connectivity index (χ3v) is 15.0. The van der Waals surface area contributed by atoms with Crippen LogP contribution in [0.4, 0.5) is 32.1 Å². The number of hydrogen-bond acceptors (Lipinski definition) is 13. The number of amides is 1. The molecule has 5 aromatic heterocycles. The normalized spacial score (nSPS) is 19.8. The lowest BCUT2D eigenvalue weighted by atomic mass is 9.69. The molecule has 2 saturated carbocycles. The minimum Gasteiger partial charge on any atom is -0.487 e. The molecule has 7 aromatic rings. The predicted molar refractivity (Wildman–Crippen MR) is 288 cm³/mol. The second kappa shape index (κ2) is 23.2. The summed E-state index contributed by atoms with van der Waals surface area (Å²) in [5.74, 6) is 2.94. The van der Waals surface area contributed by atoms with Gasteiger partial charge >= 0.3 is 0 Å². The van der Waals surface area contributed by atoms with Gasteiger partial charge in [0, 0.05) is 41.8 Å². The van der Waals surface area contributed by atoms with E-state index in [4.69, 9.17) is 19.4 Å². The van der Waals surface area contributed by atoms with Crippen LogP contribution in [0.25, 0.3) is 0 Å². The number of aryl methyl sites for hydroxylation is 2. The van der Waals surface area contributed by atoms with Crippen molar-refractivity contribution in [3.8, 4) is 11.5 Å². The van der Waals surface area contributed by atoms with Crippen LogP contribution in [0.2, 0.25) is 0 Å². The standard InChI is InChI=1S/C29H36FN5O3.C28H33FN6OS/c1-20-7-5-9-23(26(20)30)38-22-11-14-29(15-12-22,27(37)31-17-18-36)19-21-8-6-10-24(33-21)34-25-13-16-32-35(25)28(2,3)4;1-19-7-5-9-22(25(19)29)36-21-11-14-28(15-12-21,26-34-30-18-37-26)17-20-8-6-10-23(32-20)33-24-13-16-31-35(24)27(2,3)4/h5-10,13,16,18,22H,11-12,14-15,17,19H2,1-4H3,(H,31,37)(H,33,34);5-10,13,16,18,21H,11-12,14-15,17H2,1-4H3,(H,32,33). The molecular formula is C57H69F2N11O4S. The summed E-state index contributed by atoms with van der Waals surface area (Å²) in [6.45, 7) is 16.0. The number of rotatable bonds is 16. The Bertz CT molecular complexity index is 3020. The van der Waals surface area contributed by atoms with Crippen LogP contribution in [-0.4, -0.2) is 70.7 Å². The molecule has 3 N–H and O–H groups in total. The minimum absolute atomic E-state index is 0.0315. The van der Waals surface area contributed by atoms with Crippen LogP contribution in [0.5, 0.6) is 11.5 Å². The number of carbonyl (C=O) groups excluding carboxylic acids is 2. The number of carbonyl (C=O) groups is 2. The fourth-order valence-corrected chi connectivity index (χ4v) is 10.9. The van der Waals surface area contributed by atoms with Crippen LogP contribution in [-0.2, 0) is 38.9 Å². The van der Waals surface area contributed by atoms with Gasteiger partial charge in [-0.05, 0) is 154 Å². The van der Waals surface area contributed by atoms with Gasteiger partial charge < -0.3 is 30.2 Å². The first-order chi connectivity index (χ1) is 35.8. The second-order valence-electron chi connectivity index (χ2n) is 21.8. The summed E-state index contributed by atoms with van der Waals surface area (Å²) >= 11 is 1.59. The van der Waals surface area contributed by atoms with Crippen LogP contribution in [0.1, 0.15) is 120 Å². The van der Waals surface area contributed by atoms with Gasteiger partial charge in [-0.15, -0.1) is 21.5 Å². The number of ether oxygens (including phenoxy) is 2. The van der Waals surface area contributed by atoms with Gasteiger partial charge in [0.25, 0.3) is 0 Å². The van der Waals surface area contributed by atoms with Gasteiger partial charge in [0.15, 0.2) is 23.1 Å². The van der Waals surface area contributed by atoms with Gasteiger partial charge in [-0.1, -0.05) is 36.4 Å². The monoisotopic (exact) mass is 1040 g/mol. The molecule has 1 amide bonds. The Balaban J connectivity index is 0.000000199. The molecule has 9 rings (SSSR count). The SMILES string of the molecule is Cc1cccc(OC2CCC(Cc3cccc(Nc4ccnn4C(C)(C)C)n3)(C(=O)NCC=O)CC2)c1F.Cc1cccc(OC2CCC(Cc3cccc(Nc4ccnn4C(C)(C)C)n3)(c3nncs3)CC2)c1F. The van der Waals surface area contributed by atoms with E-state index in [2.05, 4.69) is 84.0 Å². The predicted octanol–water partition coefficient (Wildman–Crippen LogP) is 11.7. The molecule has 2 aliphatic rings. The molecule has 2 aromatic carbocycles. The first-order valence-electron chi connectivity index (χ1n) is 25.7. The fraction of sp³-hybridized carbons (Fsp3) is 0.439. The van der Waals surface area contributed by atoms with E-state index in [0.29, 0.717) is 61.1 Å². The zero-order valence-electron chi connectivity index (χ0n) is 44.2. The van der Waals surface area contributed by atoms with Crippen molar-refractivity contribution in [2.75, 3.05) is 17.2 Å². The number of nitrogens with one attached hydrogen (secondary N) is 3. The smallest absolute Gasteiger partial charge is 0.226 e. The maximum Gasteiger partial charge on any atom is 0.226 e. The molecular weight excluding hydrogens is 973 g/mol. The van der Waals surface area contributed by atoms with Crippen LogP contribution in [0.3, 0.4) is 0 Å². The summed E-state index contributed by atoms with van der Waals surface area (Å²) < 4.78 is 45.0. The molecule has 5 heterocycles. The zero-order valence-corrected chi connectivity index (χ0v) is 45.0. The highest BCUT2D eigenvalue weighted by molar-refractivity contribution is 7.09.